The van der Waals surface area contributed by atoms with Gasteiger partial charge in [0.15, 0.2) is 0 Å². The SMILES string of the molecule is CC(=C[C@H](C(C)C)N(C)C(=O)[C@@H](NC(=O)[C@H]1CCCCN1C(C)C)C(C)C)C(=O)N1CCN(c2ccccc2Cl)CC1. The number of hydrogen-bond acceptors (Lipinski definition) is 5. The third-order valence-electron chi connectivity index (χ3n) is 8.74. The van der Waals surface area contributed by atoms with Gasteiger partial charge in [-0.3, -0.25) is 19.3 Å². The van der Waals surface area contributed by atoms with E-state index in [1.165, 1.54) is 0 Å². The molecule has 0 bridgehead atoms. The molecule has 0 saturated carbocycles. The maximum Gasteiger partial charge on any atom is 0.249 e. The van der Waals surface area contributed by atoms with E-state index in [4.69, 9.17) is 11.6 Å². The Kier molecular flexibility index (Phi) is 12.3. The van der Waals surface area contributed by atoms with Crippen molar-refractivity contribution in [3.63, 3.8) is 0 Å². The molecule has 2 fully saturated rings. The highest BCUT2D eigenvalue weighted by Gasteiger charge is 2.36. The number of carbonyl (C=O) groups excluding carboxylic acids is 3. The summed E-state index contributed by atoms with van der Waals surface area (Å²) in [5.74, 6) is -0.206. The first kappa shape index (κ1) is 33.9. The van der Waals surface area contributed by atoms with Crippen molar-refractivity contribution >= 4 is 35.0 Å². The van der Waals surface area contributed by atoms with E-state index in [1.54, 1.807) is 11.9 Å². The van der Waals surface area contributed by atoms with Crippen LogP contribution in [-0.4, -0.2) is 96.4 Å². The predicted octanol–water partition coefficient (Wildman–Crippen LogP) is 4.82. The van der Waals surface area contributed by atoms with Gasteiger partial charge in [0.25, 0.3) is 0 Å². The van der Waals surface area contributed by atoms with Gasteiger partial charge in [-0.1, -0.05) is 63.9 Å². The molecule has 0 unspecified atom stereocenters. The first-order chi connectivity index (χ1) is 19.8. The Morgan fingerprint density at radius 3 is 2.17 bits per heavy atom. The van der Waals surface area contributed by atoms with Crippen molar-refractivity contribution in [2.45, 2.75) is 91.9 Å². The molecule has 3 rings (SSSR count). The first-order valence-corrected chi connectivity index (χ1v) is 16.0. The van der Waals surface area contributed by atoms with Crippen LogP contribution in [0.5, 0.6) is 0 Å². The minimum absolute atomic E-state index is 0.0138. The molecule has 1 aromatic carbocycles. The summed E-state index contributed by atoms with van der Waals surface area (Å²) < 4.78 is 0. The fourth-order valence-corrected chi connectivity index (χ4v) is 6.43. The summed E-state index contributed by atoms with van der Waals surface area (Å²) in [4.78, 5) is 48.8. The highest BCUT2D eigenvalue weighted by molar-refractivity contribution is 6.33. The van der Waals surface area contributed by atoms with Gasteiger partial charge in [0, 0.05) is 44.8 Å². The molecule has 0 aliphatic carbocycles. The number of nitrogens with one attached hydrogen (secondary N) is 1. The van der Waals surface area contributed by atoms with Gasteiger partial charge in [-0.25, -0.2) is 0 Å². The molecule has 2 saturated heterocycles. The summed E-state index contributed by atoms with van der Waals surface area (Å²) in [6.07, 6.45) is 4.84. The first-order valence-electron chi connectivity index (χ1n) is 15.6. The molecule has 3 amide bonds. The maximum atomic E-state index is 13.9. The number of likely N-dealkylation sites (tertiary alicyclic amines) is 1. The lowest BCUT2D eigenvalue weighted by molar-refractivity contribution is -0.140. The Bertz CT molecular complexity index is 1110. The standard InChI is InChI=1S/C33H52ClN5O3/c1-22(2)29(21-25(7)32(41)38-19-17-37(18-20-38)27-14-10-9-13-26(27)34)36(8)33(42)30(23(3)4)35-31(40)28-15-11-12-16-39(28)24(5)6/h9-10,13-14,21-24,28-30H,11-12,15-20H2,1-8H3,(H,35,40)/t28-,29-,30+/m1/s1. The summed E-state index contributed by atoms with van der Waals surface area (Å²) in [6, 6.07) is 6.92. The monoisotopic (exact) mass is 601 g/mol. The second-order valence-corrected chi connectivity index (χ2v) is 13.2. The van der Waals surface area contributed by atoms with E-state index in [9.17, 15) is 14.4 Å². The molecule has 42 heavy (non-hydrogen) atoms. The van der Waals surface area contributed by atoms with Crippen molar-refractivity contribution in [2.24, 2.45) is 11.8 Å². The molecule has 8 nitrogen and oxygen atoms in total. The smallest absolute Gasteiger partial charge is 0.249 e. The zero-order valence-electron chi connectivity index (χ0n) is 26.9. The fraction of sp³-hybridized carbons (Fsp3) is 0.667. The summed E-state index contributed by atoms with van der Waals surface area (Å²) in [5.41, 5.74) is 1.62. The van der Waals surface area contributed by atoms with E-state index in [0.29, 0.717) is 36.8 Å². The van der Waals surface area contributed by atoms with Crippen LogP contribution in [0.3, 0.4) is 0 Å². The number of piperazine rings is 1. The number of para-hydroxylation sites is 1. The van der Waals surface area contributed by atoms with Crippen molar-refractivity contribution < 1.29 is 14.4 Å². The van der Waals surface area contributed by atoms with Crippen molar-refractivity contribution in [1.29, 1.82) is 0 Å². The van der Waals surface area contributed by atoms with Crippen LogP contribution in [0.1, 0.15) is 67.7 Å². The zero-order chi connectivity index (χ0) is 31.1. The van der Waals surface area contributed by atoms with Crippen LogP contribution in [0.15, 0.2) is 35.9 Å². The molecule has 9 heteroatoms. The topological polar surface area (TPSA) is 76.2 Å². The average Bonchev–Trinajstić information content (AvgIpc) is 2.97. The van der Waals surface area contributed by atoms with E-state index < -0.39 is 6.04 Å². The van der Waals surface area contributed by atoms with E-state index in [0.717, 1.165) is 31.5 Å². The quantitative estimate of drug-likeness (QED) is 0.389. The molecule has 0 spiro atoms. The average molecular weight is 602 g/mol. The third kappa shape index (κ3) is 8.28. The highest BCUT2D eigenvalue weighted by Crippen LogP contribution is 2.27. The maximum absolute atomic E-state index is 13.9. The lowest BCUT2D eigenvalue weighted by atomic mass is 9.95. The second-order valence-electron chi connectivity index (χ2n) is 12.8. The molecule has 234 valence electrons. The van der Waals surface area contributed by atoms with E-state index in [2.05, 4.69) is 42.8 Å². The molecule has 2 aliphatic heterocycles. The molecule has 2 heterocycles. The third-order valence-corrected chi connectivity index (χ3v) is 9.06. The van der Waals surface area contributed by atoms with Gasteiger partial charge in [-0.05, 0) is 64.1 Å². The number of hydrogen-bond donors (Lipinski definition) is 1. The van der Waals surface area contributed by atoms with Gasteiger partial charge in [0.05, 0.1) is 22.8 Å². The summed E-state index contributed by atoms with van der Waals surface area (Å²) in [6.45, 7) is 17.6. The van der Waals surface area contributed by atoms with Crippen molar-refractivity contribution in [2.75, 3.05) is 44.7 Å². The molecular formula is C33H52ClN5O3. The van der Waals surface area contributed by atoms with Crippen molar-refractivity contribution in [3.8, 4) is 0 Å². The van der Waals surface area contributed by atoms with Crippen LogP contribution in [0, 0.1) is 11.8 Å². The van der Waals surface area contributed by atoms with Crippen LogP contribution in [0.25, 0.3) is 0 Å². The zero-order valence-corrected chi connectivity index (χ0v) is 27.7. The second kappa shape index (κ2) is 15.2. The molecular weight excluding hydrogens is 550 g/mol. The van der Waals surface area contributed by atoms with Gasteiger partial charge in [-0.15, -0.1) is 0 Å². The Hall–Kier alpha value is -2.58. The number of halogens is 1. The Balaban J connectivity index is 1.68. The largest absolute Gasteiger partial charge is 0.367 e. The van der Waals surface area contributed by atoms with Gasteiger partial charge in [-0.2, -0.15) is 0 Å². The molecule has 2 aliphatic rings. The minimum Gasteiger partial charge on any atom is -0.367 e. The number of likely N-dealkylation sites (N-methyl/N-ethyl adjacent to an activating group) is 1. The molecule has 0 radical (unpaired) electrons. The number of rotatable bonds is 10. The van der Waals surface area contributed by atoms with Crippen LogP contribution in [0.4, 0.5) is 5.69 Å². The van der Waals surface area contributed by atoms with E-state index in [1.807, 2.05) is 56.0 Å². The lowest BCUT2D eigenvalue weighted by Crippen LogP contribution is -2.58. The van der Waals surface area contributed by atoms with Crippen LogP contribution in [-0.2, 0) is 14.4 Å². The summed E-state index contributed by atoms with van der Waals surface area (Å²) in [7, 11) is 1.78. The van der Waals surface area contributed by atoms with Crippen LogP contribution >= 0.6 is 11.6 Å². The van der Waals surface area contributed by atoms with Gasteiger partial charge >= 0.3 is 0 Å². The molecule has 1 aromatic rings. The fourth-order valence-electron chi connectivity index (χ4n) is 6.17. The number of anilines is 1. The lowest BCUT2D eigenvalue weighted by Gasteiger charge is -2.39. The number of amides is 3. The summed E-state index contributed by atoms with van der Waals surface area (Å²) in [5, 5.41) is 3.83. The van der Waals surface area contributed by atoms with Crippen molar-refractivity contribution in [1.82, 2.24) is 20.0 Å². The molecule has 0 aromatic heterocycles. The highest BCUT2D eigenvalue weighted by atomic mass is 35.5. The Morgan fingerprint density at radius 1 is 0.952 bits per heavy atom. The number of carbonyl (C=O) groups is 3. The number of piperidine rings is 1. The summed E-state index contributed by atoms with van der Waals surface area (Å²) >= 11 is 6.39. The molecule has 3 atom stereocenters. The predicted molar refractivity (Wildman–Crippen MR) is 172 cm³/mol. The van der Waals surface area contributed by atoms with Gasteiger partial charge < -0.3 is 20.0 Å². The number of benzene rings is 1. The van der Waals surface area contributed by atoms with Gasteiger partial charge in [0.2, 0.25) is 17.7 Å². The van der Waals surface area contributed by atoms with E-state index in [-0.39, 0.29) is 47.7 Å². The molecule has 1 N–H and O–H groups in total. The van der Waals surface area contributed by atoms with Crippen LogP contribution in [0.2, 0.25) is 5.02 Å². The minimum atomic E-state index is -0.637. The van der Waals surface area contributed by atoms with Crippen LogP contribution < -0.4 is 10.2 Å². The number of nitrogens with zero attached hydrogens (tertiary/aromatic N) is 4. The van der Waals surface area contributed by atoms with Gasteiger partial charge in [0.1, 0.15) is 6.04 Å². The Morgan fingerprint density at radius 2 is 1.60 bits per heavy atom. The van der Waals surface area contributed by atoms with Crippen molar-refractivity contribution in [3.05, 3.63) is 40.9 Å². The Labute approximate surface area is 258 Å². The van der Waals surface area contributed by atoms with E-state index >= 15 is 0 Å². The normalized spacial score (nSPS) is 20.2.